The maximum Gasteiger partial charge on any atom is 0.243 e. The first-order valence-corrected chi connectivity index (χ1v) is 14.6. The third kappa shape index (κ3) is 4.45. The molecule has 3 heterocycles. The van der Waals surface area contributed by atoms with Crippen molar-refractivity contribution < 1.29 is 17.6 Å². The summed E-state index contributed by atoms with van der Waals surface area (Å²) in [7, 11) is -3.95. The highest BCUT2D eigenvalue weighted by Crippen LogP contribution is 2.33. The number of anilines is 1. The summed E-state index contributed by atoms with van der Waals surface area (Å²) in [4.78, 5) is 18.1. The highest BCUT2D eigenvalue weighted by molar-refractivity contribution is 7.89. The van der Waals surface area contributed by atoms with Crippen LogP contribution in [-0.2, 0) is 27.7 Å². The molecular weight excluding hydrogens is 513 g/mol. The Morgan fingerprint density at radius 2 is 1.81 bits per heavy atom. The minimum Gasteiger partial charge on any atom is -0.309 e. The zero-order valence-corrected chi connectivity index (χ0v) is 21.9. The predicted molar refractivity (Wildman–Crippen MR) is 140 cm³/mol. The lowest BCUT2D eigenvalue weighted by atomic mass is 9.92. The van der Waals surface area contributed by atoms with Crippen molar-refractivity contribution in [3.63, 3.8) is 0 Å². The topological polar surface area (TPSA) is 97.2 Å². The second kappa shape index (κ2) is 9.30. The molecule has 1 aliphatic heterocycles. The van der Waals surface area contributed by atoms with Gasteiger partial charge in [0.05, 0.1) is 20.8 Å². The van der Waals surface area contributed by atoms with Gasteiger partial charge in [-0.2, -0.15) is 14.1 Å². The van der Waals surface area contributed by atoms with E-state index in [1.54, 1.807) is 10.7 Å². The Kier molecular flexibility index (Phi) is 6.09. The van der Waals surface area contributed by atoms with Crippen LogP contribution in [0.5, 0.6) is 0 Å². The number of sulfonamides is 1. The average Bonchev–Trinajstić information content (AvgIpc) is 3.61. The minimum atomic E-state index is -3.95. The normalized spacial score (nSPS) is 18.3. The van der Waals surface area contributed by atoms with E-state index < -0.39 is 27.8 Å². The number of fused-ring (bicyclic) bond motifs is 2. The van der Waals surface area contributed by atoms with Gasteiger partial charge in [0.15, 0.2) is 0 Å². The molecule has 192 valence electrons. The number of halogens is 1. The molecule has 1 atom stereocenters. The van der Waals surface area contributed by atoms with Gasteiger partial charge in [0.25, 0.3) is 0 Å². The highest BCUT2D eigenvalue weighted by Gasteiger charge is 2.39. The number of aryl methyl sites for hydroxylation is 3. The van der Waals surface area contributed by atoms with E-state index in [9.17, 15) is 17.6 Å². The molecule has 2 aromatic heterocycles. The first-order chi connectivity index (χ1) is 17.8. The van der Waals surface area contributed by atoms with Gasteiger partial charge in [-0.1, -0.05) is 11.3 Å². The molecule has 8 nitrogen and oxygen atoms in total. The smallest absolute Gasteiger partial charge is 0.243 e. The fraction of sp³-hybridized carbons (Fsp3) is 0.346. The minimum absolute atomic E-state index is 0.0355. The number of nitrogens with zero attached hydrogens (tertiary/aromatic N) is 4. The molecule has 1 unspecified atom stereocenters. The second-order valence-electron chi connectivity index (χ2n) is 9.59. The standard InChI is InChI=1S/C26H26FN5O3S2/c1-16-13-24(32(30-16)26-28-21-14-17-5-2-3-6-18(17)15-23(21)36-26)29-25(33)22-7-4-12-31(22)37(34,35)20-10-8-19(27)9-11-20/h8-11,13-15,22H,2-7,12H2,1H3,(H,29,33). The van der Waals surface area contributed by atoms with Crippen LogP contribution in [0.3, 0.4) is 0 Å². The third-order valence-corrected chi connectivity index (χ3v) is 9.95. The van der Waals surface area contributed by atoms with Gasteiger partial charge in [0.2, 0.25) is 21.1 Å². The maximum absolute atomic E-state index is 13.4. The van der Waals surface area contributed by atoms with Gasteiger partial charge in [-0.3, -0.25) is 4.79 Å². The Bertz CT molecular complexity index is 1570. The maximum atomic E-state index is 13.4. The Morgan fingerprint density at radius 1 is 1.08 bits per heavy atom. The molecule has 4 aromatic rings. The zero-order chi connectivity index (χ0) is 25.7. The van der Waals surface area contributed by atoms with E-state index in [0.29, 0.717) is 29.5 Å². The molecule has 1 N–H and O–H groups in total. The lowest BCUT2D eigenvalue weighted by Gasteiger charge is -2.23. The van der Waals surface area contributed by atoms with Crippen LogP contribution >= 0.6 is 11.3 Å². The summed E-state index contributed by atoms with van der Waals surface area (Å²) >= 11 is 1.51. The van der Waals surface area contributed by atoms with Gasteiger partial charge in [0, 0.05) is 12.6 Å². The first-order valence-electron chi connectivity index (χ1n) is 12.4. The number of aromatic nitrogens is 3. The molecule has 0 spiro atoms. The summed E-state index contributed by atoms with van der Waals surface area (Å²) < 4.78 is 43.7. The summed E-state index contributed by atoms with van der Waals surface area (Å²) in [5.41, 5.74) is 4.35. The van der Waals surface area contributed by atoms with E-state index in [2.05, 4.69) is 22.5 Å². The fourth-order valence-electron chi connectivity index (χ4n) is 5.21. The van der Waals surface area contributed by atoms with Crippen LogP contribution in [0.2, 0.25) is 0 Å². The molecule has 6 rings (SSSR count). The third-order valence-electron chi connectivity index (χ3n) is 7.03. The van der Waals surface area contributed by atoms with E-state index >= 15 is 0 Å². The molecule has 2 aromatic carbocycles. The van der Waals surface area contributed by atoms with Crippen LogP contribution in [0.4, 0.5) is 10.2 Å². The van der Waals surface area contributed by atoms with Crippen molar-refractivity contribution >= 4 is 43.3 Å². The van der Waals surface area contributed by atoms with Crippen LogP contribution in [0.25, 0.3) is 15.3 Å². The van der Waals surface area contributed by atoms with E-state index in [0.717, 1.165) is 35.2 Å². The zero-order valence-electron chi connectivity index (χ0n) is 20.3. The number of hydrogen-bond acceptors (Lipinski definition) is 6. The van der Waals surface area contributed by atoms with E-state index in [4.69, 9.17) is 4.98 Å². The molecule has 1 fully saturated rings. The molecule has 11 heteroatoms. The molecule has 0 saturated carbocycles. The molecule has 0 radical (unpaired) electrons. The van der Waals surface area contributed by atoms with Crippen LogP contribution in [-0.4, -0.2) is 46.0 Å². The van der Waals surface area contributed by atoms with Crippen LogP contribution < -0.4 is 5.32 Å². The van der Waals surface area contributed by atoms with Gasteiger partial charge in [0.1, 0.15) is 17.7 Å². The number of carbonyl (C=O) groups excluding carboxylic acids is 1. The SMILES string of the molecule is Cc1cc(NC(=O)C2CCCN2S(=O)(=O)c2ccc(F)cc2)n(-c2nc3cc4c(cc3s2)CCCC4)n1. The molecule has 0 bridgehead atoms. The molecular formula is C26H26FN5O3S2. The van der Waals surface area contributed by atoms with Crippen LogP contribution in [0.1, 0.15) is 42.5 Å². The van der Waals surface area contributed by atoms with Gasteiger partial charge in [-0.15, -0.1) is 0 Å². The van der Waals surface area contributed by atoms with E-state index in [1.807, 2.05) is 6.92 Å². The Hall–Kier alpha value is -3.15. The number of rotatable bonds is 5. The van der Waals surface area contributed by atoms with Crippen molar-refractivity contribution in [2.75, 3.05) is 11.9 Å². The number of amides is 1. The largest absolute Gasteiger partial charge is 0.309 e. The summed E-state index contributed by atoms with van der Waals surface area (Å²) in [5.74, 6) is -0.508. The Balaban J connectivity index is 1.28. The van der Waals surface area contributed by atoms with Gasteiger partial charge >= 0.3 is 0 Å². The fourth-order valence-corrected chi connectivity index (χ4v) is 7.84. The van der Waals surface area contributed by atoms with Crippen LogP contribution in [0.15, 0.2) is 47.4 Å². The molecule has 1 amide bonds. The summed E-state index contributed by atoms with van der Waals surface area (Å²) in [6.45, 7) is 2.05. The number of carbonyl (C=O) groups is 1. The number of thiazole rings is 1. The number of hydrogen-bond donors (Lipinski definition) is 1. The number of nitrogens with one attached hydrogen (secondary N) is 1. The summed E-state index contributed by atoms with van der Waals surface area (Å²) in [6.07, 6.45) is 5.50. The quantitative estimate of drug-likeness (QED) is 0.400. The Morgan fingerprint density at radius 3 is 2.57 bits per heavy atom. The Labute approximate surface area is 218 Å². The van der Waals surface area contributed by atoms with Gasteiger partial charge < -0.3 is 5.32 Å². The molecule has 1 aliphatic carbocycles. The van der Waals surface area contributed by atoms with Crippen molar-refractivity contribution in [3.05, 3.63) is 65.1 Å². The lowest BCUT2D eigenvalue weighted by molar-refractivity contribution is -0.119. The van der Waals surface area contributed by atoms with Crippen molar-refractivity contribution in [1.82, 2.24) is 19.1 Å². The van der Waals surface area contributed by atoms with Crippen LogP contribution in [0, 0.1) is 12.7 Å². The number of benzene rings is 2. The predicted octanol–water partition coefficient (Wildman–Crippen LogP) is 4.60. The summed E-state index contributed by atoms with van der Waals surface area (Å²) in [6, 6.07) is 9.92. The highest BCUT2D eigenvalue weighted by atomic mass is 32.2. The van der Waals surface area contributed by atoms with E-state index in [1.165, 1.54) is 51.7 Å². The van der Waals surface area contributed by atoms with Crippen molar-refractivity contribution in [3.8, 4) is 5.13 Å². The van der Waals surface area contributed by atoms with E-state index in [-0.39, 0.29) is 11.4 Å². The van der Waals surface area contributed by atoms with Gasteiger partial charge in [-0.25, -0.2) is 17.8 Å². The van der Waals surface area contributed by atoms with Crippen molar-refractivity contribution in [2.45, 2.75) is 56.4 Å². The average molecular weight is 540 g/mol. The first kappa shape index (κ1) is 24.2. The van der Waals surface area contributed by atoms with Crippen molar-refractivity contribution in [1.29, 1.82) is 0 Å². The monoisotopic (exact) mass is 539 g/mol. The molecule has 37 heavy (non-hydrogen) atoms. The molecule has 2 aliphatic rings. The molecule has 1 saturated heterocycles. The summed E-state index contributed by atoms with van der Waals surface area (Å²) in [5, 5.41) is 8.10. The van der Waals surface area contributed by atoms with Gasteiger partial charge in [-0.05, 0) is 93.0 Å². The van der Waals surface area contributed by atoms with Crippen molar-refractivity contribution in [2.24, 2.45) is 0 Å². The second-order valence-corrected chi connectivity index (χ2v) is 12.5. The lowest BCUT2D eigenvalue weighted by Crippen LogP contribution is -2.43.